The van der Waals surface area contributed by atoms with Gasteiger partial charge in [-0.3, -0.25) is 4.79 Å². The minimum atomic E-state index is -0.0185. The number of hydrogen-bond acceptors (Lipinski definition) is 4. The summed E-state index contributed by atoms with van der Waals surface area (Å²) in [6.45, 7) is 0. The van der Waals surface area contributed by atoms with Gasteiger partial charge in [-0.1, -0.05) is 84.9 Å². The summed E-state index contributed by atoms with van der Waals surface area (Å²) >= 11 is 3.06. The van der Waals surface area contributed by atoms with Crippen molar-refractivity contribution in [2.45, 2.75) is 12.2 Å². The van der Waals surface area contributed by atoms with Gasteiger partial charge in [-0.2, -0.15) is 0 Å². The fourth-order valence-corrected chi connectivity index (χ4v) is 4.60. The van der Waals surface area contributed by atoms with Gasteiger partial charge in [-0.15, -0.1) is 23.1 Å². The Morgan fingerprint density at radius 2 is 1.47 bits per heavy atom. The zero-order chi connectivity index (χ0) is 20.6. The van der Waals surface area contributed by atoms with E-state index in [0.717, 1.165) is 23.4 Å². The molecule has 0 saturated carbocycles. The standard InChI is InChI=1S/C25H22N2OS2/c28-24(18-29-16-21-9-5-2-6-10-21)27-25-26-23(17-30-25)22-13-11-20(12-14-22)15-19-7-3-1-4-8-19/h1-14,17H,15-16,18H2,(H,26,27,28). The van der Waals surface area contributed by atoms with Crippen molar-refractivity contribution in [1.29, 1.82) is 0 Å². The summed E-state index contributed by atoms with van der Waals surface area (Å²) in [6.07, 6.45) is 0.917. The van der Waals surface area contributed by atoms with E-state index in [0.29, 0.717) is 10.9 Å². The van der Waals surface area contributed by atoms with Crippen LogP contribution < -0.4 is 5.32 Å². The topological polar surface area (TPSA) is 42.0 Å². The Labute approximate surface area is 185 Å². The second-order valence-corrected chi connectivity index (χ2v) is 8.77. The van der Waals surface area contributed by atoms with Crippen molar-refractivity contribution in [3.05, 3.63) is 107 Å². The van der Waals surface area contributed by atoms with E-state index in [1.165, 1.54) is 28.0 Å². The molecule has 0 saturated heterocycles. The maximum absolute atomic E-state index is 12.2. The number of carbonyl (C=O) groups is 1. The summed E-state index contributed by atoms with van der Waals surface area (Å²) in [5.41, 5.74) is 5.74. The van der Waals surface area contributed by atoms with E-state index in [1.54, 1.807) is 11.8 Å². The van der Waals surface area contributed by atoms with Gasteiger partial charge < -0.3 is 5.32 Å². The van der Waals surface area contributed by atoms with Crippen LogP contribution in [0.3, 0.4) is 0 Å². The normalized spacial score (nSPS) is 10.7. The highest BCUT2D eigenvalue weighted by molar-refractivity contribution is 7.99. The molecule has 150 valence electrons. The molecule has 3 aromatic carbocycles. The van der Waals surface area contributed by atoms with E-state index in [9.17, 15) is 4.79 Å². The molecular formula is C25H22N2OS2. The lowest BCUT2D eigenvalue weighted by molar-refractivity contribution is -0.113. The van der Waals surface area contributed by atoms with Crippen LogP contribution in [0.25, 0.3) is 11.3 Å². The molecule has 0 spiro atoms. The number of aromatic nitrogens is 1. The summed E-state index contributed by atoms with van der Waals surface area (Å²) in [5.74, 6) is 1.22. The number of hydrogen-bond donors (Lipinski definition) is 1. The lowest BCUT2D eigenvalue weighted by Gasteiger charge is -2.04. The van der Waals surface area contributed by atoms with Crippen molar-refractivity contribution in [2.75, 3.05) is 11.1 Å². The molecular weight excluding hydrogens is 408 g/mol. The number of benzene rings is 3. The van der Waals surface area contributed by atoms with Crippen LogP contribution in [-0.2, 0) is 17.0 Å². The molecule has 0 aliphatic carbocycles. The molecule has 1 heterocycles. The van der Waals surface area contributed by atoms with Gasteiger partial charge in [0, 0.05) is 16.7 Å². The molecule has 1 amide bonds. The Kier molecular flexibility index (Phi) is 6.95. The Morgan fingerprint density at radius 3 is 2.17 bits per heavy atom. The Morgan fingerprint density at radius 1 is 0.833 bits per heavy atom. The number of nitrogens with one attached hydrogen (secondary N) is 1. The third kappa shape index (κ3) is 5.81. The molecule has 4 aromatic rings. The first-order valence-electron chi connectivity index (χ1n) is 9.76. The first-order chi connectivity index (χ1) is 14.8. The van der Waals surface area contributed by atoms with E-state index >= 15 is 0 Å². The maximum Gasteiger partial charge on any atom is 0.236 e. The van der Waals surface area contributed by atoms with Crippen LogP contribution in [0.5, 0.6) is 0 Å². The number of rotatable bonds is 8. The fraction of sp³-hybridized carbons (Fsp3) is 0.120. The van der Waals surface area contributed by atoms with Crippen molar-refractivity contribution in [1.82, 2.24) is 4.98 Å². The highest BCUT2D eigenvalue weighted by Crippen LogP contribution is 2.26. The van der Waals surface area contributed by atoms with Crippen LogP contribution >= 0.6 is 23.1 Å². The van der Waals surface area contributed by atoms with Crippen LogP contribution in [-0.4, -0.2) is 16.6 Å². The predicted molar refractivity (Wildman–Crippen MR) is 128 cm³/mol. The predicted octanol–water partition coefficient (Wildman–Crippen LogP) is 6.27. The fourth-order valence-electron chi connectivity index (χ4n) is 3.08. The maximum atomic E-state index is 12.2. The van der Waals surface area contributed by atoms with E-state index in [2.05, 4.69) is 71.0 Å². The third-order valence-corrected chi connectivity index (χ3v) is 6.36. The minimum Gasteiger partial charge on any atom is -0.301 e. The Hall–Kier alpha value is -2.89. The molecule has 30 heavy (non-hydrogen) atoms. The van der Waals surface area contributed by atoms with Gasteiger partial charge in [0.05, 0.1) is 11.4 Å². The molecule has 3 nitrogen and oxygen atoms in total. The van der Waals surface area contributed by atoms with Crippen molar-refractivity contribution >= 4 is 34.1 Å². The highest BCUT2D eigenvalue weighted by atomic mass is 32.2. The van der Waals surface area contributed by atoms with E-state index < -0.39 is 0 Å². The Balaban J connectivity index is 1.29. The van der Waals surface area contributed by atoms with Gasteiger partial charge in [-0.25, -0.2) is 4.98 Å². The molecule has 0 radical (unpaired) electrons. The summed E-state index contributed by atoms with van der Waals surface area (Å²) in [7, 11) is 0. The first kappa shape index (κ1) is 20.4. The Bertz CT molecular complexity index is 1080. The quantitative estimate of drug-likeness (QED) is 0.358. The third-order valence-electron chi connectivity index (χ3n) is 4.60. The van der Waals surface area contributed by atoms with Crippen molar-refractivity contribution in [3.63, 3.8) is 0 Å². The summed E-state index contributed by atoms with van der Waals surface area (Å²) < 4.78 is 0. The van der Waals surface area contributed by atoms with Crippen molar-refractivity contribution < 1.29 is 4.79 Å². The van der Waals surface area contributed by atoms with Gasteiger partial charge >= 0.3 is 0 Å². The van der Waals surface area contributed by atoms with Crippen LogP contribution in [0.15, 0.2) is 90.3 Å². The molecule has 0 atom stereocenters. The van der Waals surface area contributed by atoms with E-state index in [1.807, 2.05) is 29.6 Å². The largest absolute Gasteiger partial charge is 0.301 e. The first-order valence-corrected chi connectivity index (χ1v) is 11.8. The lowest BCUT2D eigenvalue weighted by Crippen LogP contribution is -2.13. The highest BCUT2D eigenvalue weighted by Gasteiger charge is 2.09. The molecule has 1 aromatic heterocycles. The molecule has 0 unspecified atom stereocenters. The van der Waals surface area contributed by atoms with Crippen LogP contribution in [0.4, 0.5) is 5.13 Å². The van der Waals surface area contributed by atoms with E-state index in [4.69, 9.17) is 0 Å². The van der Waals surface area contributed by atoms with Crippen molar-refractivity contribution in [2.24, 2.45) is 0 Å². The smallest absolute Gasteiger partial charge is 0.236 e. The van der Waals surface area contributed by atoms with Crippen LogP contribution in [0, 0.1) is 0 Å². The molecule has 0 bridgehead atoms. The molecule has 1 N–H and O–H groups in total. The monoisotopic (exact) mass is 430 g/mol. The van der Waals surface area contributed by atoms with Gasteiger partial charge in [0.2, 0.25) is 5.91 Å². The van der Waals surface area contributed by atoms with Gasteiger partial charge in [0.25, 0.3) is 0 Å². The number of thioether (sulfide) groups is 1. The minimum absolute atomic E-state index is 0.0185. The lowest BCUT2D eigenvalue weighted by atomic mass is 10.0. The average molecular weight is 431 g/mol. The van der Waals surface area contributed by atoms with Crippen molar-refractivity contribution in [3.8, 4) is 11.3 Å². The average Bonchev–Trinajstić information content (AvgIpc) is 3.24. The molecule has 0 aliphatic rings. The second kappa shape index (κ2) is 10.2. The number of nitrogens with zero attached hydrogens (tertiary/aromatic N) is 1. The van der Waals surface area contributed by atoms with E-state index in [-0.39, 0.29) is 5.91 Å². The van der Waals surface area contributed by atoms with Gasteiger partial charge in [-0.05, 0) is 23.1 Å². The van der Waals surface area contributed by atoms with Crippen LogP contribution in [0.1, 0.15) is 16.7 Å². The summed E-state index contributed by atoms with van der Waals surface area (Å²) in [5, 5.41) is 5.54. The summed E-state index contributed by atoms with van der Waals surface area (Å²) in [4.78, 5) is 16.8. The number of thiazole rings is 1. The summed E-state index contributed by atoms with van der Waals surface area (Å²) in [6, 6.07) is 29.1. The number of amides is 1. The van der Waals surface area contributed by atoms with Gasteiger partial charge in [0.1, 0.15) is 0 Å². The molecule has 0 fully saturated rings. The zero-order valence-electron chi connectivity index (χ0n) is 16.5. The molecule has 0 aliphatic heterocycles. The molecule has 4 rings (SSSR count). The number of anilines is 1. The number of carbonyl (C=O) groups excluding carboxylic acids is 1. The SMILES string of the molecule is O=C(CSCc1ccccc1)Nc1nc(-c2ccc(Cc3ccccc3)cc2)cs1. The zero-order valence-corrected chi connectivity index (χ0v) is 18.1. The second-order valence-electron chi connectivity index (χ2n) is 6.92. The molecule has 5 heteroatoms. The van der Waals surface area contributed by atoms with Gasteiger partial charge in [0.15, 0.2) is 5.13 Å². The van der Waals surface area contributed by atoms with Crippen LogP contribution in [0.2, 0.25) is 0 Å².